The third-order valence-electron chi connectivity index (χ3n) is 4.47. The summed E-state index contributed by atoms with van der Waals surface area (Å²) in [4.78, 5) is 2.43. The van der Waals surface area contributed by atoms with Gasteiger partial charge in [0.25, 0.3) is 0 Å². The minimum absolute atomic E-state index is 1.08. The molecular weight excluding hydrogens is 274 g/mol. The van der Waals surface area contributed by atoms with Crippen LogP contribution in [0.3, 0.4) is 0 Å². The van der Waals surface area contributed by atoms with E-state index in [1.165, 1.54) is 51.4 Å². The smallest absolute Gasteiger partial charge is 0.231 e. The van der Waals surface area contributed by atoms with Gasteiger partial charge in [-0.15, -0.1) is 5.10 Å². The lowest BCUT2D eigenvalue weighted by molar-refractivity contribution is 0.172. The zero-order valence-corrected chi connectivity index (χ0v) is 14.7. The molecule has 0 radical (unpaired) electrons. The summed E-state index contributed by atoms with van der Waals surface area (Å²) in [6, 6.07) is 0. The van der Waals surface area contributed by atoms with E-state index in [2.05, 4.69) is 34.2 Å². The van der Waals surface area contributed by atoms with Gasteiger partial charge in [-0.05, 0) is 44.9 Å². The van der Waals surface area contributed by atoms with Gasteiger partial charge in [0.15, 0.2) is 0 Å². The maximum absolute atomic E-state index is 4.99. The molecule has 0 aliphatic carbocycles. The van der Waals surface area contributed by atoms with E-state index in [-0.39, 0.29) is 0 Å². The second-order valence-electron chi connectivity index (χ2n) is 6.58. The van der Waals surface area contributed by atoms with Gasteiger partial charge < -0.3 is 4.90 Å². The molecule has 128 valence electrons. The molecule has 2 heterocycles. The van der Waals surface area contributed by atoms with Crippen LogP contribution in [0.5, 0.6) is 0 Å². The first kappa shape index (κ1) is 17.4. The highest BCUT2D eigenvalue weighted by Gasteiger charge is 2.18. The highest BCUT2D eigenvalue weighted by molar-refractivity contribution is 5.79. The van der Waals surface area contributed by atoms with Crippen molar-refractivity contribution in [3.05, 3.63) is 0 Å². The summed E-state index contributed by atoms with van der Waals surface area (Å²) in [5, 5.41) is 9.63. The summed E-state index contributed by atoms with van der Waals surface area (Å²) in [6.07, 6.45) is 10.2. The van der Waals surface area contributed by atoms with Crippen LogP contribution >= 0.6 is 0 Å². The SMILES string of the molecule is CCCN(CCC)C(=NN1CCCCC1)NN1CCCCC1. The second-order valence-corrected chi connectivity index (χ2v) is 6.58. The molecule has 5 nitrogen and oxygen atoms in total. The van der Waals surface area contributed by atoms with E-state index in [0.717, 1.165) is 45.2 Å². The number of nitrogens with one attached hydrogen (secondary N) is 1. The Kier molecular flexibility index (Phi) is 7.85. The van der Waals surface area contributed by atoms with Crippen LogP contribution in [0, 0.1) is 0 Å². The molecule has 22 heavy (non-hydrogen) atoms. The van der Waals surface area contributed by atoms with Crippen LogP contribution in [0.15, 0.2) is 5.10 Å². The topological polar surface area (TPSA) is 34.1 Å². The maximum atomic E-state index is 4.99. The molecule has 0 unspecified atom stereocenters. The van der Waals surface area contributed by atoms with E-state index in [0.29, 0.717) is 0 Å². The monoisotopic (exact) mass is 309 g/mol. The van der Waals surface area contributed by atoms with E-state index in [4.69, 9.17) is 5.10 Å². The van der Waals surface area contributed by atoms with Gasteiger partial charge in [-0.1, -0.05) is 20.3 Å². The molecule has 0 amide bonds. The second kappa shape index (κ2) is 9.93. The first-order chi connectivity index (χ1) is 10.8. The molecule has 0 spiro atoms. The van der Waals surface area contributed by atoms with E-state index in [1.807, 2.05) is 0 Å². The van der Waals surface area contributed by atoms with Gasteiger partial charge >= 0.3 is 0 Å². The molecule has 0 aromatic rings. The molecular formula is C17H35N5. The Bertz CT molecular complexity index is 313. The van der Waals surface area contributed by atoms with Gasteiger partial charge in [0.2, 0.25) is 5.96 Å². The highest BCUT2D eigenvalue weighted by Crippen LogP contribution is 2.11. The molecule has 2 rings (SSSR count). The van der Waals surface area contributed by atoms with Crippen molar-refractivity contribution < 1.29 is 0 Å². The lowest BCUT2D eigenvalue weighted by atomic mass is 10.2. The predicted molar refractivity (Wildman–Crippen MR) is 93.6 cm³/mol. The van der Waals surface area contributed by atoms with Crippen molar-refractivity contribution in [3.63, 3.8) is 0 Å². The molecule has 0 aromatic heterocycles. The van der Waals surface area contributed by atoms with E-state index in [9.17, 15) is 0 Å². The Balaban J connectivity index is 2.04. The molecule has 1 N–H and O–H groups in total. The Morgan fingerprint density at radius 2 is 1.41 bits per heavy atom. The van der Waals surface area contributed by atoms with Crippen LogP contribution < -0.4 is 5.43 Å². The largest absolute Gasteiger partial charge is 0.340 e. The number of hydrogen-bond donors (Lipinski definition) is 1. The zero-order chi connectivity index (χ0) is 15.6. The van der Waals surface area contributed by atoms with Gasteiger partial charge in [0, 0.05) is 39.3 Å². The van der Waals surface area contributed by atoms with E-state index in [1.54, 1.807) is 0 Å². The van der Waals surface area contributed by atoms with Crippen molar-refractivity contribution in [2.45, 2.75) is 65.2 Å². The van der Waals surface area contributed by atoms with Gasteiger partial charge in [-0.3, -0.25) is 10.4 Å². The fourth-order valence-electron chi connectivity index (χ4n) is 3.28. The van der Waals surface area contributed by atoms with Gasteiger partial charge in [-0.2, -0.15) is 0 Å². The van der Waals surface area contributed by atoms with Gasteiger partial charge in [-0.25, -0.2) is 5.01 Å². The van der Waals surface area contributed by atoms with Crippen molar-refractivity contribution in [2.24, 2.45) is 5.10 Å². The van der Waals surface area contributed by atoms with E-state index >= 15 is 0 Å². The molecule has 0 atom stereocenters. The zero-order valence-electron chi connectivity index (χ0n) is 14.7. The van der Waals surface area contributed by atoms with Gasteiger partial charge in [0.1, 0.15) is 0 Å². The summed E-state index contributed by atoms with van der Waals surface area (Å²) in [7, 11) is 0. The van der Waals surface area contributed by atoms with Crippen molar-refractivity contribution in [3.8, 4) is 0 Å². The molecule has 2 fully saturated rings. The average Bonchev–Trinajstić information content (AvgIpc) is 2.56. The summed E-state index contributed by atoms with van der Waals surface area (Å²) < 4.78 is 0. The molecule has 0 saturated carbocycles. The standard InChI is InChI=1S/C17H35N5/c1-3-11-20(12-4-2)17(18-21-13-7-5-8-14-21)19-22-15-9-6-10-16-22/h3-16H2,1-2H3,(H,18,19). The van der Waals surface area contributed by atoms with Crippen LogP contribution in [-0.4, -0.2) is 60.1 Å². The number of guanidine groups is 1. The number of nitrogens with zero attached hydrogens (tertiary/aromatic N) is 4. The molecule has 2 aliphatic heterocycles. The van der Waals surface area contributed by atoms with Crippen molar-refractivity contribution in [1.82, 2.24) is 20.3 Å². The molecule has 0 bridgehead atoms. The molecule has 0 aromatic carbocycles. The number of hydrazine groups is 1. The van der Waals surface area contributed by atoms with Crippen LogP contribution in [0.2, 0.25) is 0 Å². The Labute approximate surface area is 136 Å². The molecule has 5 heteroatoms. The Morgan fingerprint density at radius 3 is 1.95 bits per heavy atom. The quantitative estimate of drug-likeness (QED) is 0.604. The minimum Gasteiger partial charge on any atom is -0.340 e. The van der Waals surface area contributed by atoms with Crippen LogP contribution in [0.4, 0.5) is 0 Å². The first-order valence-electron chi connectivity index (χ1n) is 9.43. The van der Waals surface area contributed by atoms with Gasteiger partial charge in [0.05, 0.1) is 0 Å². The summed E-state index contributed by atoms with van der Waals surface area (Å²) in [5.41, 5.74) is 3.64. The first-order valence-corrected chi connectivity index (χ1v) is 9.43. The highest BCUT2D eigenvalue weighted by atomic mass is 15.6. The van der Waals surface area contributed by atoms with Crippen molar-refractivity contribution >= 4 is 5.96 Å². The van der Waals surface area contributed by atoms with E-state index < -0.39 is 0 Å². The van der Waals surface area contributed by atoms with Crippen LogP contribution in [0.25, 0.3) is 0 Å². The summed E-state index contributed by atoms with van der Waals surface area (Å²) in [6.45, 7) is 11.2. The number of hydrogen-bond acceptors (Lipinski definition) is 3. The Morgan fingerprint density at radius 1 is 0.864 bits per heavy atom. The summed E-state index contributed by atoms with van der Waals surface area (Å²) in [5.74, 6) is 1.08. The van der Waals surface area contributed by atoms with Crippen molar-refractivity contribution in [2.75, 3.05) is 39.3 Å². The van der Waals surface area contributed by atoms with Crippen LogP contribution in [-0.2, 0) is 0 Å². The van der Waals surface area contributed by atoms with Crippen LogP contribution in [0.1, 0.15) is 65.2 Å². The lowest BCUT2D eigenvalue weighted by Gasteiger charge is -2.35. The normalized spacial score (nSPS) is 21.0. The van der Waals surface area contributed by atoms with Crippen molar-refractivity contribution in [1.29, 1.82) is 0 Å². The third-order valence-corrected chi connectivity index (χ3v) is 4.47. The summed E-state index contributed by atoms with van der Waals surface area (Å²) >= 11 is 0. The molecule has 2 aliphatic rings. The third kappa shape index (κ3) is 5.67. The number of hydrazone groups is 1. The lowest BCUT2D eigenvalue weighted by Crippen LogP contribution is -2.53. The Hall–Kier alpha value is -0.970. The number of piperidine rings is 2. The minimum atomic E-state index is 1.08. The fraction of sp³-hybridized carbons (Fsp3) is 0.941. The maximum Gasteiger partial charge on any atom is 0.231 e. The average molecular weight is 310 g/mol. The predicted octanol–water partition coefficient (Wildman–Crippen LogP) is 2.86. The fourth-order valence-corrected chi connectivity index (χ4v) is 3.28. The molecule has 2 saturated heterocycles. The number of rotatable bonds is 6.